The maximum Gasteiger partial charge on any atom is 0.223 e. The molecule has 4 rings (SSSR count). The average Bonchev–Trinajstić information content (AvgIpc) is 3.14. The number of benzene rings is 1. The highest BCUT2D eigenvalue weighted by atomic mass is 19.1. The molecule has 3 N–H and O–H groups in total. The van der Waals surface area contributed by atoms with Crippen molar-refractivity contribution in [3.63, 3.8) is 0 Å². The fraction of sp³-hybridized carbons (Fsp3) is 0.667. The largest absolute Gasteiger partial charge is 0.376 e. The molecule has 4 unspecified atom stereocenters. The van der Waals surface area contributed by atoms with Gasteiger partial charge in [0.1, 0.15) is 5.82 Å². The molecule has 142 valence electrons. The molecule has 1 aliphatic heterocycles. The summed E-state index contributed by atoms with van der Waals surface area (Å²) in [6.07, 6.45) is 7.21. The van der Waals surface area contributed by atoms with Crippen LogP contribution in [0.25, 0.3) is 0 Å². The number of halogens is 1. The van der Waals surface area contributed by atoms with Gasteiger partial charge in [0.25, 0.3) is 0 Å². The molecule has 1 aromatic carbocycles. The monoisotopic (exact) mass is 360 g/mol. The minimum atomic E-state index is -0.264. The molecule has 3 aliphatic rings. The lowest BCUT2D eigenvalue weighted by Gasteiger charge is -2.43. The Labute approximate surface area is 154 Å². The first kappa shape index (κ1) is 17.9. The van der Waals surface area contributed by atoms with E-state index in [0.29, 0.717) is 11.8 Å². The van der Waals surface area contributed by atoms with Gasteiger partial charge in [-0.05, 0) is 68.1 Å². The quantitative estimate of drug-likeness (QED) is 0.866. The predicted molar refractivity (Wildman–Crippen MR) is 97.8 cm³/mol. The molecule has 2 aliphatic carbocycles. The molecule has 1 aromatic rings. The zero-order valence-corrected chi connectivity index (χ0v) is 15.2. The van der Waals surface area contributed by atoms with Crippen molar-refractivity contribution in [2.75, 3.05) is 6.61 Å². The number of carbonyl (C=O) groups is 1. The predicted octanol–water partition coefficient (Wildman–Crippen LogP) is 3.32. The third kappa shape index (κ3) is 3.65. The maximum absolute atomic E-state index is 13.3. The zero-order chi connectivity index (χ0) is 18.1. The van der Waals surface area contributed by atoms with Crippen molar-refractivity contribution < 1.29 is 13.9 Å². The topological polar surface area (TPSA) is 64.4 Å². The first-order valence-electron chi connectivity index (χ1n) is 10.0. The summed E-state index contributed by atoms with van der Waals surface area (Å²) in [6, 6.07) is 6.47. The molecule has 3 fully saturated rings. The molecule has 4 nitrogen and oxygen atoms in total. The smallest absolute Gasteiger partial charge is 0.223 e. The summed E-state index contributed by atoms with van der Waals surface area (Å²) in [6.45, 7) is 0.723. The molecule has 1 amide bonds. The lowest BCUT2D eigenvalue weighted by atomic mass is 9.65. The Morgan fingerprint density at radius 3 is 2.42 bits per heavy atom. The minimum absolute atomic E-state index is 0.0326. The Bertz CT molecular complexity index is 615. The minimum Gasteiger partial charge on any atom is -0.376 e. The van der Waals surface area contributed by atoms with E-state index < -0.39 is 0 Å². The van der Waals surface area contributed by atoms with Gasteiger partial charge in [-0.15, -0.1) is 0 Å². The standard InChI is InChI=1S/C21H29FN2O2/c22-17-8-6-13(7-9-17)20(18-5-2-10-26-18)24-21(25)16-11-14-3-1-4-15(12-16)19(14)23/h6-9,14-16,18-20H,1-5,10-12,23H2,(H,24,25). The van der Waals surface area contributed by atoms with E-state index in [-0.39, 0.29) is 35.8 Å². The number of ether oxygens (including phenoxy) is 1. The van der Waals surface area contributed by atoms with Crippen LogP contribution in [-0.2, 0) is 9.53 Å². The zero-order valence-electron chi connectivity index (χ0n) is 15.2. The number of fused-ring (bicyclic) bond motifs is 2. The Morgan fingerprint density at radius 2 is 1.81 bits per heavy atom. The number of hydrogen-bond donors (Lipinski definition) is 2. The summed E-state index contributed by atoms with van der Waals surface area (Å²) in [7, 11) is 0. The van der Waals surface area contributed by atoms with Crippen LogP contribution in [0.5, 0.6) is 0 Å². The summed E-state index contributed by atoms with van der Waals surface area (Å²) in [5, 5.41) is 3.24. The van der Waals surface area contributed by atoms with E-state index in [9.17, 15) is 9.18 Å². The van der Waals surface area contributed by atoms with Gasteiger partial charge in [-0.1, -0.05) is 18.6 Å². The molecule has 2 bridgehead atoms. The van der Waals surface area contributed by atoms with E-state index in [2.05, 4.69) is 5.32 Å². The van der Waals surface area contributed by atoms with E-state index in [0.717, 1.165) is 50.7 Å². The Balaban J connectivity index is 1.48. The second-order valence-electron chi connectivity index (χ2n) is 8.29. The van der Waals surface area contributed by atoms with Gasteiger partial charge in [0.05, 0.1) is 12.1 Å². The highest BCUT2D eigenvalue weighted by Crippen LogP contribution is 2.42. The number of nitrogens with two attached hydrogens (primary N) is 1. The van der Waals surface area contributed by atoms with Gasteiger partial charge in [-0.3, -0.25) is 4.79 Å². The van der Waals surface area contributed by atoms with E-state index >= 15 is 0 Å². The fourth-order valence-electron chi connectivity index (χ4n) is 5.20. The summed E-state index contributed by atoms with van der Waals surface area (Å²) in [5.41, 5.74) is 7.28. The maximum atomic E-state index is 13.3. The molecule has 0 aromatic heterocycles. The fourth-order valence-corrected chi connectivity index (χ4v) is 5.20. The van der Waals surface area contributed by atoms with Crippen LogP contribution < -0.4 is 11.1 Å². The van der Waals surface area contributed by atoms with Crippen LogP contribution in [0.4, 0.5) is 4.39 Å². The highest BCUT2D eigenvalue weighted by Gasteiger charge is 2.41. The number of nitrogens with one attached hydrogen (secondary N) is 1. The lowest BCUT2D eigenvalue weighted by Crippen LogP contribution is -2.50. The van der Waals surface area contributed by atoms with E-state index in [1.807, 2.05) is 0 Å². The first-order chi connectivity index (χ1) is 12.6. The SMILES string of the molecule is NC1C2CCCC1CC(C(=O)NC(c1ccc(F)cc1)C1CCCO1)C2. The van der Waals surface area contributed by atoms with Crippen LogP contribution >= 0.6 is 0 Å². The van der Waals surface area contributed by atoms with Crippen LogP contribution in [0.1, 0.15) is 56.6 Å². The van der Waals surface area contributed by atoms with E-state index in [4.69, 9.17) is 10.5 Å². The summed E-state index contributed by atoms with van der Waals surface area (Å²) in [5.74, 6) is 0.837. The van der Waals surface area contributed by atoms with Gasteiger partial charge < -0.3 is 15.8 Å². The van der Waals surface area contributed by atoms with Crippen molar-refractivity contribution in [2.24, 2.45) is 23.5 Å². The third-order valence-corrected chi connectivity index (χ3v) is 6.65. The molecule has 2 saturated carbocycles. The number of hydrogen-bond acceptors (Lipinski definition) is 3. The van der Waals surface area contributed by atoms with Crippen molar-refractivity contribution in [2.45, 2.75) is 63.1 Å². The normalized spacial score (nSPS) is 35.1. The second kappa shape index (κ2) is 7.65. The molecule has 1 heterocycles. The molecular formula is C21H29FN2O2. The summed E-state index contributed by atoms with van der Waals surface area (Å²) < 4.78 is 19.2. The Morgan fingerprint density at radius 1 is 1.12 bits per heavy atom. The average molecular weight is 360 g/mol. The van der Waals surface area contributed by atoms with Crippen molar-refractivity contribution in [3.8, 4) is 0 Å². The molecule has 5 heteroatoms. The van der Waals surface area contributed by atoms with Crippen molar-refractivity contribution in [1.29, 1.82) is 0 Å². The summed E-state index contributed by atoms with van der Waals surface area (Å²) in [4.78, 5) is 13.1. The molecule has 0 spiro atoms. The van der Waals surface area contributed by atoms with E-state index in [1.54, 1.807) is 12.1 Å². The van der Waals surface area contributed by atoms with Crippen LogP contribution in [0.15, 0.2) is 24.3 Å². The Hall–Kier alpha value is -1.46. The van der Waals surface area contributed by atoms with Crippen LogP contribution in [0.2, 0.25) is 0 Å². The third-order valence-electron chi connectivity index (χ3n) is 6.65. The Kier molecular flexibility index (Phi) is 5.28. The van der Waals surface area contributed by atoms with Crippen molar-refractivity contribution in [1.82, 2.24) is 5.32 Å². The number of rotatable bonds is 4. The second-order valence-corrected chi connectivity index (χ2v) is 8.29. The summed E-state index contributed by atoms with van der Waals surface area (Å²) >= 11 is 0. The first-order valence-corrected chi connectivity index (χ1v) is 10.0. The molecule has 4 atom stereocenters. The van der Waals surface area contributed by atoms with Crippen molar-refractivity contribution in [3.05, 3.63) is 35.6 Å². The molecule has 26 heavy (non-hydrogen) atoms. The van der Waals surface area contributed by atoms with Crippen molar-refractivity contribution >= 4 is 5.91 Å². The highest BCUT2D eigenvalue weighted by molar-refractivity contribution is 5.79. The van der Waals surface area contributed by atoms with Gasteiger partial charge in [-0.25, -0.2) is 4.39 Å². The number of carbonyl (C=O) groups excluding carboxylic acids is 1. The van der Waals surface area contributed by atoms with Gasteiger partial charge in [0, 0.05) is 18.6 Å². The van der Waals surface area contributed by atoms with Gasteiger partial charge in [0.15, 0.2) is 0 Å². The molecule has 1 saturated heterocycles. The van der Waals surface area contributed by atoms with Gasteiger partial charge in [0.2, 0.25) is 5.91 Å². The van der Waals surface area contributed by atoms with E-state index in [1.165, 1.54) is 18.6 Å². The van der Waals surface area contributed by atoms with Crippen LogP contribution in [0, 0.1) is 23.6 Å². The lowest BCUT2D eigenvalue weighted by molar-refractivity contribution is -0.129. The molecular weight excluding hydrogens is 331 g/mol. The van der Waals surface area contributed by atoms with Crippen LogP contribution in [-0.4, -0.2) is 24.7 Å². The van der Waals surface area contributed by atoms with Crippen LogP contribution in [0.3, 0.4) is 0 Å². The number of amides is 1. The van der Waals surface area contributed by atoms with Gasteiger partial charge >= 0.3 is 0 Å². The van der Waals surface area contributed by atoms with Gasteiger partial charge in [-0.2, -0.15) is 0 Å². The molecule has 0 radical (unpaired) electrons.